The predicted molar refractivity (Wildman–Crippen MR) is 87.5 cm³/mol. The van der Waals surface area contributed by atoms with E-state index in [1.165, 1.54) is 17.9 Å². The second-order valence-corrected chi connectivity index (χ2v) is 6.70. The highest BCUT2D eigenvalue weighted by atomic mass is 19.4. The molecule has 0 radical (unpaired) electrons. The molecule has 1 aliphatic heterocycles. The minimum atomic E-state index is -4.46. The van der Waals surface area contributed by atoms with Gasteiger partial charge < -0.3 is 10.2 Å². The van der Waals surface area contributed by atoms with Crippen molar-refractivity contribution < 1.29 is 13.2 Å². The first-order valence-electron chi connectivity index (χ1n) is 8.33. The van der Waals surface area contributed by atoms with E-state index < -0.39 is 11.9 Å². The molecule has 0 spiro atoms. The number of nitrogens with one attached hydrogen (secondary N) is 1. The van der Waals surface area contributed by atoms with Gasteiger partial charge in [-0.05, 0) is 25.2 Å². The zero-order chi connectivity index (χ0) is 17.9. The largest absolute Gasteiger partial charge is 0.435 e. The van der Waals surface area contributed by atoms with Crippen LogP contribution in [0.1, 0.15) is 38.4 Å². The van der Waals surface area contributed by atoms with Crippen LogP contribution in [0.15, 0.2) is 11.2 Å². The summed E-state index contributed by atoms with van der Waals surface area (Å²) >= 11 is 0. The van der Waals surface area contributed by atoms with Gasteiger partial charge in [-0.25, -0.2) is 4.99 Å². The number of aliphatic imine (C=N–C) groups is 1. The van der Waals surface area contributed by atoms with Crippen LogP contribution in [0.3, 0.4) is 0 Å². The van der Waals surface area contributed by atoms with Crippen LogP contribution in [-0.4, -0.2) is 40.3 Å². The Morgan fingerprint density at radius 1 is 1.33 bits per heavy atom. The van der Waals surface area contributed by atoms with Gasteiger partial charge in [-0.15, -0.1) is 0 Å². The lowest BCUT2D eigenvalue weighted by atomic mass is 9.92. The molecule has 0 saturated carbocycles. The van der Waals surface area contributed by atoms with E-state index in [-0.39, 0.29) is 12.1 Å². The van der Waals surface area contributed by atoms with Crippen molar-refractivity contribution >= 4 is 5.96 Å². The number of likely N-dealkylation sites (tertiary alicyclic amines) is 1. The van der Waals surface area contributed by atoms with Gasteiger partial charge in [-0.3, -0.25) is 4.68 Å². The van der Waals surface area contributed by atoms with Gasteiger partial charge in [0.2, 0.25) is 0 Å². The van der Waals surface area contributed by atoms with E-state index in [0.717, 1.165) is 19.5 Å². The number of hydrogen-bond donors (Lipinski definition) is 1. The monoisotopic (exact) mass is 345 g/mol. The van der Waals surface area contributed by atoms with Crippen molar-refractivity contribution in [3.8, 4) is 0 Å². The molecule has 5 nitrogen and oxygen atoms in total. The average Bonchev–Trinajstić information content (AvgIpc) is 2.83. The summed E-state index contributed by atoms with van der Waals surface area (Å²) in [5, 5.41) is 6.73. The lowest BCUT2D eigenvalue weighted by Gasteiger charge is -2.37. The van der Waals surface area contributed by atoms with Crippen molar-refractivity contribution in [3.05, 3.63) is 17.5 Å². The summed E-state index contributed by atoms with van der Waals surface area (Å²) in [5.41, 5.74) is -0.761. The van der Waals surface area contributed by atoms with Crippen LogP contribution in [-0.2, 0) is 19.8 Å². The molecule has 2 atom stereocenters. The Morgan fingerprint density at radius 2 is 1.96 bits per heavy atom. The zero-order valence-corrected chi connectivity index (χ0v) is 14.7. The van der Waals surface area contributed by atoms with E-state index in [1.54, 1.807) is 0 Å². The van der Waals surface area contributed by atoms with Crippen LogP contribution in [0, 0.1) is 11.8 Å². The van der Waals surface area contributed by atoms with Gasteiger partial charge in [0.15, 0.2) is 11.7 Å². The van der Waals surface area contributed by atoms with E-state index in [9.17, 15) is 13.2 Å². The molecule has 2 rings (SSSR count). The Balaban J connectivity index is 2.20. The van der Waals surface area contributed by atoms with E-state index in [2.05, 4.69) is 34.2 Å². The smallest absolute Gasteiger partial charge is 0.357 e. The molecule has 1 N–H and O–H groups in total. The van der Waals surface area contributed by atoms with Gasteiger partial charge in [0.05, 0.1) is 6.54 Å². The molecule has 136 valence electrons. The maximum Gasteiger partial charge on any atom is 0.435 e. The summed E-state index contributed by atoms with van der Waals surface area (Å²) in [6.07, 6.45) is -1.91. The summed E-state index contributed by atoms with van der Waals surface area (Å²) < 4.78 is 40.3. The highest BCUT2D eigenvalue weighted by Crippen LogP contribution is 2.31. The molecule has 1 aromatic rings. The first-order chi connectivity index (χ1) is 11.2. The summed E-state index contributed by atoms with van der Waals surface area (Å²) in [5.74, 6) is 1.76. The topological polar surface area (TPSA) is 45.5 Å². The van der Waals surface area contributed by atoms with Gasteiger partial charge in [0, 0.05) is 38.4 Å². The number of piperidine rings is 1. The van der Waals surface area contributed by atoms with Crippen LogP contribution in [0.4, 0.5) is 13.2 Å². The maximum atomic E-state index is 13.0. The number of halogens is 3. The van der Waals surface area contributed by atoms with Crippen LogP contribution in [0.2, 0.25) is 0 Å². The third-order valence-electron chi connectivity index (χ3n) is 4.08. The van der Waals surface area contributed by atoms with Crippen molar-refractivity contribution in [2.75, 3.05) is 19.6 Å². The fourth-order valence-electron chi connectivity index (χ4n) is 3.31. The minimum Gasteiger partial charge on any atom is -0.357 e. The standard InChI is InChI=1S/C16H26F3N5/c1-5-20-15(24-8-11(2)6-12(3)9-24)21-7-13-10-23(4)22-14(13)16(17,18)19/h10-12H,5-9H2,1-4H3,(H,20,21). The predicted octanol–water partition coefficient (Wildman–Crippen LogP) is 2.88. The Labute approximate surface area is 140 Å². The summed E-state index contributed by atoms with van der Waals surface area (Å²) in [6, 6.07) is 0. The highest BCUT2D eigenvalue weighted by Gasteiger charge is 2.36. The van der Waals surface area contributed by atoms with E-state index in [4.69, 9.17) is 0 Å². The number of nitrogens with zero attached hydrogens (tertiary/aromatic N) is 4. The molecule has 0 aliphatic carbocycles. The van der Waals surface area contributed by atoms with Crippen LogP contribution in [0.25, 0.3) is 0 Å². The molecule has 0 amide bonds. The number of aromatic nitrogens is 2. The Morgan fingerprint density at radius 3 is 2.50 bits per heavy atom. The molecule has 2 heterocycles. The maximum absolute atomic E-state index is 13.0. The van der Waals surface area contributed by atoms with Gasteiger partial charge >= 0.3 is 6.18 Å². The molecule has 2 unspecified atom stereocenters. The average molecular weight is 345 g/mol. The van der Waals surface area contributed by atoms with Gasteiger partial charge in [0.1, 0.15) is 0 Å². The van der Waals surface area contributed by atoms with Gasteiger partial charge in [-0.2, -0.15) is 18.3 Å². The zero-order valence-electron chi connectivity index (χ0n) is 14.7. The first kappa shape index (κ1) is 18.6. The van der Waals surface area contributed by atoms with Crippen molar-refractivity contribution in [1.82, 2.24) is 20.0 Å². The van der Waals surface area contributed by atoms with Crippen molar-refractivity contribution in [1.29, 1.82) is 0 Å². The number of aryl methyl sites for hydroxylation is 1. The van der Waals surface area contributed by atoms with Gasteiger partial charge in [0.25, 0.3) is 0 Å². The normalized spacial score (nSPS) is 22.8. The second kappa shape index (κ2) is 7.44. The van der Waals surface area contributed by atoms with E-state index in [0.29, 0.717) is 24.3 Å². The molecule has 8 heteroatoms. The second-order valence-electron chi connectivity index (χ2n) is 6.70. The third-order valence-corrected chi connectivity index (χ3v) is 4.08. The minimum absolute atomic E-state index is 0.0374. The highest BCUT2D eigenvalue weighted by molar-refractivity contribution is 5.80. The quantitative estimate of drug-likeness (QED) is 0.677. The van der Waals surface area contributed by atoms with Crippen LogP contribution in [0.5, 0.6) is 0 Å². The number of guanidine groups is 1. The summed E-state index contributed by atoms with van der Waals surface area (Å²) in [6.45, 7) is 8.72. The van der Waals surface area contributed by atoms with Crippen LogP contribution < -0.4 is 5.32 Å². The Kier molecular flexibility index (Phi) is 5.77. The fraction of sp³-hybridized carbons (Fsp3) is 0.750. The molecule has 1 fully saturated rings. The molecule has 0 aromatic carbocycles. The number of alkyl halides is 3. The van der Waals surface area contributed by atoms with Crippen molar-refractivity contribution in [3.63, 3.8) is 0 Å². The van der Waals surface area contributed by atoms with E-state index >= 15 is 0 Å². The lowest BCUT2D eigenvalue weighted by molar-refractivity contribution is -0.142. The first-order valence-corrected chi connectivity index (χ1v) is 8.33. The molecule has 0 bridgehead atoms. The molecule has 1 aromatic heterocycles. The lowest BCUT2D eigenvalue weighted by Crippen LogP contribution is -2.48. The third kappa shape index (κ3) is 4.64. The Hall–Kier alpha value is -1.73. The number of hydrogen-bond acceptors (Lipinski definition) is 2. The Bertz CT molecular complexity index is 569. The van der Waals surface area contributed by atoms with Crippen molar-refractivity contribution in [2.45, 2.75) is 39.9 Å². The fourth-order valence-corrected chi connectivity index (χ4v) is 3.31. The molecular formula is C16H26F3N5. The van der Waals surface area contributed by atoms with Gasteiger partial charge in [-0.1, -0.05) is 13.8 Å². The number of rotatable bonds is 3. The van der Waals surface area contributed by atoms with Crippen LogP contribution >= 0.6 is 0 Å². The molecule has 1 aliphatic rings. The molecule has 1 saturated heterocycles. The SMILES string of the molecule is CCNC(=NCc1cn(C)nc1C(F)(F)F)N1CC(C)CC(C)C1. The molecule has 24 heavy (non-hydrogen) atoms. The van der Waals surface area contributed by atoms with E-state index in [1.807, 2.05) is 6.92 Å². The molecular weight excluding hydrogens is 319 g/mol. The summed E-state index contributed by atoms with van der Waals surface area (Å²) in [7, 11) is 1.49. The van der Waals surface area contributed by atoms with Crippen molar-refractivity contribution in [2.24, 2.45) is 23.9 Å². The summed E-state index contributed by atoms with van der Waals surface area (Å²) in [4.78, 5) is 6.59.